The van der Waals surface area contributed by atoms with Gasteiger partial charge in [0.25, 0.3) is 0 Å². The molecule has 0 amide bonds. The predicted octanol–water partition coefficient (Wildman–Crippen LogP) is 2.93. The van der Waals surface area contributed by atoms with Crippen molar-refractivity contribution in [2.45, 2.75) is 39.2 Å². The Bertz CT molecular complexity index is 420. The fourth-order valence-electron chi connectivity index (χ4n) is 1.86. The Kier molecular flexibility index (Phi) is 4.91. The van der Waals surface area contributed by atoms with Crippen molar-refractivity contribution in [1.82, 2.24) is 0 Å². The number of hydrogen-bond donors (Lipinski definition) is 0. The third kappa shape index (κ3) is 3.10. The van der Waals surface area contributed by atoms with Gasteiger partial charge in [0.15, 0.2) is 5.78 Å². The minimum absolute atomic E-state index is 0.0800. The number of aryl methyl sites for hydroxylation is 1. The summed E-state index contributed by atoms with van der Waals surface area (Å²) in [7, 11) is 3.20. The largest absolute Gasteiger partial charge is 0.496 e. The number of Topliss-reactive ketones (excluding diaryl/α,β-unsaturated/α-hetero) is 1. The van der Waals surface area contributed by atoms with Crippen LogP contribution in [0.3, 0.4) is 0 Å². The minimum Gasteiger partial charge on any atom is -0.496 e. The zero-order chi connectivity index (χ0) is 13.8. The fraction of sp³-hybridized carbons (Fsp3) is 0.533. The average molecular weight is 250 g/mol. The van der Waals surface area contributed by atoms with Crippen LogP contribution in [0, 0.1) is 6.92 Å². The van der Waals surface area contributed by atoms with Crippen molar-refractivity contribution in [1.29, 1.82) is 0 Å². The molecule has 100 valence electrons. The lowest BCUT2D eigenvalue weighted by Gasteiger charge is -2.25. The van der Waals surface area contributed by atoms with Gasteiger partial charge in [0, 0.05) is 19.1 Å². The van der Waals surface area contributed by atoms with Crippen LogP contribution in [0.2, 0.25) is 0 Å². The number of methoxy groups -OCH3 is 2. The van der Waals surface area contributed by atoms with Crippen molar-refractivity contribution in [3.8, 4) is 5.75 Å². The predicted molar refractivity (Wildman–Crippen MR) is 72.1 cm³/mol. The summed E-state index contributed by atoms with van der Waals surface area (Å²) in [6.07, 6.45) is 1.000. The molecule has 1 unspecified atom stereocenters. The first kappa shape index (κ1) is 14.7. The van der Waals surface area contributed by atoms with Crippen LogP contribution in [0.5, 0.6) is 5.75 Å². The van der Waals surface area contributed by atoms with Crippen molar-refractivity contribution in [3.05, 3.63) is 29.3 Å². The summed E-state index contributed by atoms with van der Waals surface area (Å²) in [4.78, 5) is 12.3. The van der Waals surface area contributed by atoms with Crippen LogP contribution in [0.25, 0.3) is 0 Å². The van der Waals surface area contributed by atoms with Gasteiger partial charge in [-0.2, -0.15) is 0 Å². The summed E-state index contributed by atoms with van der Waals surface area (Å²) in [5, 5.41) is 0. The second-order valence-corrected chi connectivity index (χ2v) is 4.70. The number of carbonyl (C=O) groups is 1. The second-order valence-electron chi connectivity index (χ2n) is 4.70. The first-order chi connectivity index (χ1) is 8.46. The molecule has 0 saturated carbocycles. The summed E-state index contributed by atoms with van der Waals surface area (Å²) in [5.41, 5.74) is 1.32. The number of hydrogen-bond acceptors (Lipinski definition) is 3. The van der Waals surface area contributed by atoms with Gasteiger partial charge in [-0.25, -0.2) is 0 Å². The lowest BCUT2D eigenvalue weighted by Crippen LogP contribution is -2.37. The van der Waals surface area contributed by atoms with Gasteiger partial charge in [0.2, 0.25) is 0 Å². The van der Waals surface area contributed by atoms with E-state index >= 15 is 0 Å². The van der Waals surface area contributed by atoms with Crippen molar-refractivity contribution in [3.63, 3.8) is 0 Å². The van der Waals surface area contributed by atoms with Crippen LogP contribution in [0.15, 0.2) is 18.2 Å². The molecule has 0 spiro atoms. The lowest BCUT2D eigenvalue weighted by atomic mass is 9.92. The normalized spacial score (nSPS) is 14.1. The summed E-state index contributed by atoms with van der Waals surface area (Å²) in [5.74, 6) is 0.833. The molecule has 0 aromatic heterocycles. The molecule has 0 heterocycles. The van der Waals surface area contributed by atoms with E-state index in [4.69, 9.17) is 9.47 Å². The zero-order valence-corrected chi connectivity index (χ0v) is 11.9. The van der Waals surface area contributed by atoms with Crippen LogP contribution in [-0.2, 0) is 16.0 Å². The van der Waals surface area contributed by atoms with Gasteiger partial charge in [-0.15, -0.1) is 0 Å². The number of benzene rings is 1. The Balaban J connectivity index is 2.97. The van der Waals surface area contributed by atoms with Crippen molar-refractivity contribution >= 4 is 5.78 Å². The quantitative estimate of drug-likeness (QED) is 0.778. The van der Waals surface area contributed by atoms with Crippen molar-refractivity contribution in [2.24, 2.45) is 0 Å². The van der Waals surface area contributed by atoms with E-state index in [9.17, 15) is 4.79 Å². The van der Waals surface area contributed by atoms with Crippen LogP contribution in [0.1, 0.15) is 31.4 Å². The first-order valence-electron chi connectivity index (χ1n) is 6.18. The molecule has 0 bridgehead atoms. The maximum Gasteiger partial charge on any atom is 0.168 e. The molecule has 0 radical (unpaired) electrons. The number of ether oxygens (including phenoxy) is 2. The Morgan fingerprint density at radius 2 is 2.00 bits per heavy atom. The average Bonchev–Trinajstić information content (AvgIpc) is 2.38. The number of rotatable bonds is 6. The molecule has 3 nitrogen and oxygen atoms in total. The molecule has 0 N–H and O–H groups in total. The van der Waals surface area contributed by atoms with E-state index in [2.05, 4.69) is 0 Å². The SMILES string of the molecule is CCC(C)(OC)C(=O)Cc1cc(C)ccc1OC. The van der Waals surface area contributed by atoms with E-state index in [1.54, 1.807) is 14.2 Å². The third-order valence-electron chi connectivity index (χ3n) is 3.50. The highest BCUT2D eigenvalue weighted by molar-refractivity contribution is 5.89. The summed E-state index contributed by atoms with van der Waals surface area (Å²) in [6, 6.07) is 5.86. The van der Waals surface area contributed by atoms with E-state index in [-0.39, 0.29) is 5.78 Å². The van der Waals surface area contributed by atoms with Crippen LogP contribution in [0.4, 0.5) is 0 Å². The van der Waals surface area contributed by atoms with Crippen LogP contribution < -0.4 is 4.74 Å². The smallest absolute Gasteiger partial charge is 0.168 e. The lowest BCUT2D eigenvalue weighted by molar-refractivity contribution is -0.138. The van der Waals surface area contributed by atoms with E-state index in [1.165, 1.54) is 0 Å². The molecule has 1 rings (SSSR count). The van der Waals surface area contributed by atoms with E-state index in [1.807, 2.05) is 39.0 Å². The highest BCUT2D eigenvalue weighted by Crippen LogP contribution is 2.24. The highest BCUT2D eigenvalue weighted by atomic mass is 16.5. The molecule has 1 aromatic rings. The topological polar surface area (TPSA) is 35.5 Å². The maximum atomic E-state index is 12.3. The van der Waals surface area contributed by atoms with Gasteiger partial charge in [0.05, 0.1) is 7.11 Å². The number of carbonyl (C=O) groups excluding carboxylic acids is 1. The molecule has 0 aliphatic carbocycles. The standard InChI is InChI=1S/C15H22O3/c1-6-15(3,18-5)14(16)10-12-9-11(2)7-8-13(12)17-4/h7-9H,6,10H2,1-5H3. The Labute approximate surface area is 109 Å². The van der Waals surface area contributed by atoms with Crippen molar-refractivity contribution in [2.75, 3.05) is 14.2 Å². The van der Waals surface area contributed by atoms with E-state index in [0.29, 0.717) is 12.8 Å². The molecule has 0 aliphatic rings. The first-order valence-corrected chi connectivity index (χ1v) is 6.18. The minimum atomic E-state index is -0.714. The van der Waals surface area contributed by atoms with E-state index in [0.717, 1.165) is 16.9 Å². The number of ketones is 1. The molecule has 18 heavy (non-hydrogen) atoms. The highest BCUT2D eigenvalue weighted by Gasteiger charge is 2.31. The molecule has 0 saturated heterocycles. The molecule has 0 fully saturated rings. The monoisotopic (exact) mass is 250 g/mol. The van der Waals surface area contributed by atoms with Gasteiger partial charge >= 0.3 is 0 Å². The third-order valence-corrected chi connectivity index (χ3v) is 3.50. The van der Waals surface area contributed by atoms with E-state index < -0.39 is 5.60 Å². The Hall–Kier alpha value is -1.35. The van der Waals surface area contributed by atoms with Gasteiger partial charge in [-0.3, -0.25) is 4.79 Å². The van der Waals surface area contributed by atoms with Gasteiger partial charge < -0.3 is 9.47 Å². The molecular formula is C15H22O3. The molecular weight excluding hydrogens is 228 g/mol. The van der Waals surface area contributed by atoms with Gasteiger partial charge in [-0.1, -0.05) is 24.6 Å². The van der Waals surface area contributed by atoms with Crippen molar-refractivity contribution < 1.29 is 14.3 Å². The molecule has 1 atom stereocenters. The summed E-state index contributed by atoms with van der Waals surface area (Å²) < 4.78 is 10.6. The zero-order valence-electron chi connectivity index (χ0n) is 11.9. The Morgan fingerprint density at radius 1 is 1.33 bits per heavy atom. The molecule has 0 aliphatic heterocycles. The van der Waals surface area contributed by atoms with Gasteiger partial charge in [-0.05, 0) is 26.3 Å². The second kappa shape index (κ2) is 6.01. The molecule has 1 aromatic carbocycles. The van der Waals surface area contributed by atoms with Gasteiger partial charge in [0.1, 0.15) is 11.4 Å². The van der Waals surface area contributed by atoms with Crippen LogP contribution in [-0.4, -0.2) is 25.6 Å². The Morgan fingerprint density at radius 3 is 2.50 bits per heavy atom. The van der Waals surface area contributed by atoms with Crippen LogP contribution >= 0.6 is 0 Å². The maximum absolute atomic E-state index is 12.3. The summed E-state index contributed by atoms with van der Waals surface area (Å²) >= 11 is 0. The molecule has 3 heteroatoms. The fourth-order valence-corrected chi connectivity index (χ4v) is 1.86. The summed E-state index contributed by atoms with van der Waals surface area (Å²) in [6.45, 7) is 5.79.